The molecule has 0 aromatic heterocycles. The standard InChI is InChI=1S/C11H11ClF3N/c1-6-10-7(2-3-16-6)4-8(12)5-9(10)11(13,14)15/h4-6,16H,2-3H2,1H3. The zero-order valence-corrected chi connectivity index (χ0v) is 9.41. The van der Waals surface area contributed by atoms with Gasteiger partial charge in [0.1, 0.15) is 0 Å². The Labute approximate surface area is 96.6 Å². The first-order chi connectivity index (χ1) is 7.39. The van der Waals surface area contributed by atoms with Crippen molar-refractivity contribution in [1.82, 2.24) is 5.32 Å². The Balaban J connectivity index is 2.64. The van der Waals surface area contributed by atoms with Crippen molar-refractivity contribution in [1.29, 1.82) is 0 Å². The maximum atomic E-state index is 12.8. The lowest BCUT2D eigenvalue weighted by Crippen LogP contribution is -2.30. The summed E-state index contributed by atoms with van der Waals surface area (Å²) in [6.07, 6.45) is -3.76. The summed E-state index contributed by atoms with van der Waals surface area (Å²) in [5.41, 5.74) is 0.420. The largest absolute Gasteiger partial charge is 0.416 e. The number of benzene rings is 1. The van der Waals surface area contributed by atoms with Gasteiger partial charge in [-0.25, -0.2) is 0 Å². The smallest absolute Gasteiger partial charge is 0.310 e. The van der Waals surface area contributed by atoms with Gasteiger partial charge in [0, 0.05) is 11.1 Å². The van der Waals surface area contributed by atoms with Crippen molar-refractivity contribution in [2.75, 3.05) is 6.54 Å². The van der Waals surface area contributed by atoms with Crippen LogP contribution in [0.15, 0.2) is 12.1 Å². The summed E-state index contributed by atoms with van der Waals surface area (Å²) >= 11 is 5.72. The zero-order valence-electron chi connectivity index (χ0n) is 8.66. The quantitative estimate of drug-likeness (QED) is 0.741. The third-order valence-electron chi connectivity index (χ3n) is 2.81. The summed E-state index contributed by atoms with van der Waals surface area (Å²) in [6.45, 7) is 2.42. The van der Waals surface area contributed by atoms with Crippen LogP contribution in [0.1, 0.15) is 29.7 Å². The molecule has 0 amide bonds. The predicted octanol–water partition coefficient (Wildman–Crippen LogP) is 3.57. The second-order valence-corrected chi connectivity index (χ2v) is 4.39. The first-order valence-electron chi connectivity index (χ1n) is 5.02. The van der Waals surface area contributed by atoms with Crippen LogP contribution in [0, 0.1) is 0 Å². The van der Waals surface area contributed by atoms with Crippen molar-refractivity contribution in [3.05, 3.63) is 33.8 Å². The molecule has 1 aromatic rings. The Morgan fingerprint density at radius 2 is 2.06 bits per heavy atom. The van der Waals surface area contributed by atoms with Gasteiger partial charge in [0.15, 0.2) is 0 Å². The third kappa shape index (κ3) is 2.04. The monoisotopic (exact) mass is 249 g/mol. The van der Waals surface area contributed by atoms with E-state index < -0.39 is 11.7 Å². The molecule has 1 heterocycles. The minimum absolute atomic E-state index is 0.153. The molecule has 88 valence electrons. The van der Waals surface area contributed by atoms with Gasteiger partial charge in [0.05, 0.1) is 5.56 Å². The fourth-order valence-corrected chi connectivity index (χ4v) is 2.39. The van der Waals surface area contributed by atoms with Crippen molar-refractivity contribution in [2.45, 2.75) is 25.6 Å². The zero-order chi connectivity index (χ0) is 11.9. The molecule has 1 unspecified atom stereocenters. The van der Waals surface area contributed by atoms with Crippen LogP contribution in [0.2, 0.25) is 5.02 Å². The van der Waals surface area contributed by atoms with Crippen molar-refractivity contribution in [3.8, 4) is 0 Å². The van der Waals surface area contributed by atoms with E-state index in [0.29, 0.717) is 24.1 Å². The molecule has 1 nitrogen and oxygen atoms in total. The third-order valence-corrected chi connectivity index (χ3v) is 3.03. The molecule has 2 rings (SSSR count). The first-order valence-corrected chi connectivity index (χ1v) is 5.40. The molecular formula is C11H11ClF3N. The summed E-state index contributed by atoms with van der Waals surface area (Å²) in [4.78, 5) is 0. The van der Waals surface area contributed by atoms with E-state index in [1.165, 1.54) is 0 Å². The average Bonchev–Trinajstić information content (AvgIpc) is 2.15. The molecular weight excluding hydrogens is 239 g/mol. The minimum atomic E-state index is -4.34. The summed E-state index contributed by atoms with van der Waals surface area (Å²) in [7, 11) is 0. The number of rotatable bonds is 0. The minimum Gasteiger partial charge on any atom is -0.310 e. The van der Waals surface area contributed by atoms with Crippen LogP contribution in [0.3, 0.4) is 0 Å². The van der Waals surface area contributed by atoms with Crippen LogP contribution in [0.4, 0.5) is 13.2 Å². The van der Waals surface area contributed by atoms with Gasteiger partial charge in [-0.05, 0) is 43.1 Å². The highest BCUT2D eigenvalue weighted by Gasteiger charge is 2.36. The SMILES string of the molecule is CC1NCCc2cc(Cl)cc(C(F)(F)F)c21. The fourth-order valence-electron chi connectivity index (χ4n) is 2.15. The summed E-state index contributed by atoms with van der Waals surface area (Å²) in [6, 6.07) is 2.35. The second kappa shape index (κ2) is 3.93. The molecule has 0 aliphatic carbocycles. The highest BCUT2D eigenvalue weighted by atomic mass is 35.5. The van der Waals surface area contributed by atoms with Crippen LogP contribution in [-0.2, 0) is 12.6 Å². The highest BCUT2D eigenvalue weighted by molar-refractivity contribution is 6.30. The average molecular weight is 250 g/mol. The second-order valence-electron chi connectivity index (χ2n) is 3.95. The molecule has 0 radical (unpaired) electrons. The highest BCUT2D eigenvalue weighted by Crippen LogP contribution is 2.39. The molecule has 0 saturated heterocycles. The summed E-state index contributed by atoms with van der Waals surface area (Å²) in [5, 5.41) is 3.18. The predicted molar refractivity (Wildman–Crippen MR) is 56.6 cm³/mol. The molecule has 0 saturated carbocycles. The van der Waals surface area contributed by atoms with Gasteiger partial charge in [-0.1, -0.05) is 11.6 Å². The van der Waals surface area contributed by atoms with Crippen molar-refractivity contribution >= 4 is 11.6 Å². The van der Waals surface area contributed by atoms with E-state index in [1.807, 2.05) is 0 Å². The van der Waals surface area contributed by atoms with Gasteiger partial charge in [-0.2, -0.15) is 13.2 Å². The van der Waals surface area contributed by atoms with Gasteiger partial charge in [0.2, 0.25) is 0 Å². The molecule has 16 heavy (non-hydrogen) atoms. The van der Waals surface area contributed by atoms with Crippen LogP contribution >= 0.6 is 11.6 Å². The molecule has 1 aromatic carbocycles. The van der Waals surface area contributed by atoms with Gasteiger partial charge in [0.25, 0.3) is 0 Å². The van der Waals surface area contributed by atoms with E-state index in [-0.39, 0.29) is 11.1 Å². The fraction of sp³-hybridized carbons (Fsp3) is 0.455. The number of fused-ring (bicyclic) bond motifs is 1. The van der Waals surface area contributed by atoms with E-state index in [0.717, 1.165) is 6.07 Å². The summed E-state index contributed by atoms with van der Waals surface area (Å²) < 4.78 is 38.5. The number of hydrogen-bond acceptors (Lipinski definition) is 1. The van der Waals surface area contributed by atoms with Crippen LogP contribution < -0.4 is 5.32 Å². The van der Waals surface area contributed by atoms with Crippen molar-refractivity contribution < 1.29 is 13.2 Å². The topological polar surface area (TPSA) is 12.0 Å². The summed E-state index contributed by atoms with van der Waals surface area (Å²) in [5.74, 6) is 0. The molecule has 1 aliphatic heterocycles. The first kappa shape index (κ1) is 11.7. The van der Waals surface area contributed by atoms with E-state index >= 15 is 0 Å². The Bertz CT molecular complexity index is 414. The maximum absolute atomic E-state index is 12.8. The number of nitrogens with one attached hydrogen (secondary N) is 1. The molecule has 1 atom stereocenters. The number of alkyl halides is 3. The Hall–Kier alpha value is -0.740. The van der Waals surface area contributed by atoms with E-state index in [2.05, 4.69) is 5.32 Å². The van der Waals surface area contributed by atoms with Crippen LogP contribution in [0.5, 0.6) is 0 Å². The van der Waals surface area contributed by atoms with Gasteiger partial charge < -0.3 is 5.32 Å². The van der Waals surface area contributed by atoms with Gasteiger partial charge in [-0.15, -0.1) is 0 Å². The maximum Gasteiger partial charge on any atom is 0.416 e. The molecule has 0 spiro atoms. The Kier molecular flexibility index (Phi) is 2.88. The van der Waals surface area contributed by atoms with Crippen molar-refractivity contribution in [3.63, 3.8) is 0 Å². The van der Waals surface area contributed by atoms with Crippen LogP contribution in [0.25, 0.3) is 0 Å². The van der Waals surface area contributed by atoms with Gasteiger partial charge >= 0.3 is 6.18 Å². The lowest BCUT2D eigenvalue weighted by molar-refractivity contribution is -0.138. The van der Waals surface area contributed by atoms with E-state index in [1.54, 1.807) is 13.0 Å². The lowest BCUT2D eigenvalue weighted by Gasteiger charge is -2.27. The van der Waals surface area contributed by atoms with Crippen molar-refractivity contribution in [2.24, 2.45) is 0 Å². The van der Waals surface area contributed by atoms with Gasteiger partial charge in [-0.3, -0.25) is 0 Å². The lowest BCUT2D eigenvalue weighted by atomic mass is 9.90. The van der Waals surface area contributed by atoms with Crippen LogP contribution in [-0.4, -0.2) is 6.54 Å². The molecule has 5 heteroatoms. The van der Waals surface area contributed by atoms with E-state index in [9.17, 15) is 13.2 Å². The Morgan fingerprint density at radius 1 is 1.38 bits per heavy atom. The number of hydrogen-bond donors (Lipinski definition) is 1. The van der Waals surface area contributed by atoms with E-state index in [4.69, 9.17) is 11.6 Å². The number of halogens is 4. The molecule has 1 aliphatic rings. The Morgan fingerprint density at radius 3 is 2.69 bits per heavy atom. The molecule has 0 fully saturated rings. The molecule has 1 N–H and O–H groups in total. The molecule has 0 bridgehead atoms. The normalized spacial score (nSPS) is 20.7.